The smallest absolute Gasteiger partial charge is 0.337 e. The Morgan fingerprint density at radius 1 is 1.57 bits per heavy atom. The molecule has 2 rings (SSSR count). The quantitative estimate of drug-likeness (QED) is 0.653. The average Bonchev–Trinajstić information content (AvgIpc) is 2.58. The van der Waals surface area contributed by atoms with E-state index in [1.165, 1.54) is 6.07 Å². The highest BCUT2D eigenvalue weighted by molar-refractivity contribution is 5.96. The SMILES string of the molecule is Cc1c(N)c(C(=O)O)cc2c1OCO2. The van der Waals surface area contributed by atoms with Gasteiger partial charge in [0.1, 0.15) is 0 Å². The van der Waals surface area contributed by atoms with Crippen molar-refractivity contribution in [3.8, 4) is 11.5 Å². The van der Waals surface area contributed by atoms with Crippen molar-refractivity contribution in [1.29, 1.82) is 0 Å². The lowest BCUT2D eigenvalue weighted by Gasteiger charge is -2.07. The maximum Gasteiger partial charge on any atom is 0.337 e. The Kier molecular flexibility index (Phi) is 1.73. The molecule has 0 fully saturated rings. The topological polar surface area (TPSA) is 81.8 Å². The van der Waals surface area contributed by atoms with Crippen molar-refractivity contribution in [3.63, 3.8) is 0 Å². The highest BCUT2D eigenvalue weighted by Crippen LogP contribution is 2.40. The first-order valence-corrected chi connectivity index (χ1v) is 4.03. The number of benzene rings is 1. The number of hydrogen-bond donors (Lipinski definition) is 2. The zero-order chi connectivity index (χ0) is 10.3. The number of aromatic carboxylic acids is 1. The average molecular weight is 195 g/mol. The summed E-state index contributed by atoms with van der Waals surface area (Å²) in [6, 6.07) is 1.38. The number of carboxylic acids is 1. The van der Waals surface area contributed by atoms with Crippen LogP contribution in [-0.2, 0) is 0 Å². The van der Waals surface area contributed by atoms with Crippen molar-refractivity contribution in [2.75, 3.05) is 12.5 Å². The number of carboxylic acid groups (broad SMARTS) is 1. The van der Waals surface area contributed by atoms with E-state index in [9.17, 15) is 4.79 Å². The number of ether oxygens (including phenoxy) is 2. The van der Waals surface area contributed by atoms with Gasteiger partial charge in [0.05, 0.1) is 11.3 Å². The van der Waals surface area contributed by atoms with Crippen LogP contribution >= 0.6 is 0 Å². The molecular weight excluding hydrogens is 186 g/mol. The normalized spacial score (nSPS) is 12.9. The minimum Gasteiger partial charge on any atom is -0.478 e. The molecule has 0 aromatic heterocycles. The van der Waals surface area contributed by atoms with Gasteiger partial charge in [0.25, 0.3) is 0 Å². The van der Waals surface area contributed by atoms with Gasteiger partial charge in [0.2, 0.25) is 6.79 Å². The monoisotopic (exact) mass is 195 g/mol. The zero-order valence-electron chi connectivity index (χ0n) is 7.53. The van der Waals surface area contributed by atoms with E-state index in [0.717, 1.165) is 0 Å². The Bertz CT molecular complexity index is 414. The third kappa shape index (κ3) is 1.06. The first-order chi connectivity index (χ1) is 6.61. The summed E-state index contributed by atoms with van der Waals surface area (Å²) in [7, 11) is 0. The molecule has 0 unspecified atom stereocenters. The van der Waals surface area contributed by atoms with Crippen molar-refractivity contribution in [2.45, 2.75) is 6.92 Å². The molecule has 0 saturated heterocycles. The van der Waals surface area contributed by atoms with Crippen molar-refractivity contribution in [3.05, 3.63) is 17.2 Å². The summed E-state index contributed by atoms with van der Waals surface area (Å²) in [5.41, 5.74) is 6.52. The molecule has 0 atom stereocenters. The molecular formula is C9H9NO4. The Morgan fingerprint density at radius 2 is 2.29 bits per heavy atom. The van der Waals surface area contributed by atoms with Gasteiger partial charge in [-0.3, -0.25) is 0 Å². The maximum atomic E-state index is 10.8. The van der Waals surface area contributed by atoms with Gasteiger partial charge in [-0.1, -0.05) is 0 Å². The molecule has 0 aliphatic carbocycles. The summed E-state index contributed by atoms with van der Waals surface area (Å²) in [6.45, 7) is 1.81. The molecule has 0 saturated carbocycles. The fourth-order valence-electron chi connectivity index (χ4n) is 1.40. The largest absolute Gasteiger partial charge is 0.478 e. The van der Waals surface area contributed by atoms with E-state index in [0.29, 0.717) is 17.1 Å². The Labute approximate surface area is 80.0 Å². The third-order valence-electron chi connectivity index (χ3n) is 2.18. The Morgan fingerprint density at radius 3 is 2.93 bits per heavy atom. The maximum absolute atomic E-state index is 10.8. The van der Waals surface area contributed by atoms with Gasteiger partial charge >= 0.3 is 5.97 Å². The summed E-state index contributed by atoms with van der Waals surface area (Å²) in [5, 5.41) is 8.84. The van der Waals surface area contributed by atoms with E-state index in [2.05, 4.69) is 0 Å². The number of nitrogen functional groups attached to an aromatic ring is 1. The van der Waals surface area contributed by atoms with Crippen LogP contribution in [0.1, 0.15) is 15.9 Å². The summed E-state index contributed by atoms with van der Waals surface area (Å²) in [6.07, 6.45) is 0. The second-order valence-corrected chi connectivity index (χ2v) is 3.00. The summed E-state index contributed by atoms with van der Waals surface area (Å²) >= 11 is 0. The fraction of sp³-hybridized carbons (Fsp3) is 0.222. The van der Waals surface area contributed by atoms with E-state index >= 15 is 0 Å². The van der Waals surface area contributed by atoms with Crippen LogP contribution in [0.3, 0.4) is 0 Å². The van der Waals surface area contributed by atoms with E-state index in [-0.39, 0.29) is 18.0 Å². The van der Waals surface area contributed by atoms with Crippen LogP contribution < -0.4 is 15.2 Å². The molecule has 1 aromatic carbocycles. The van der Waals surface area contributed by atoms with Crippen LogP contribution in [-0.4, -0.2) is 17.9 Å². The molecule has 3 N–H and O–H groups in total. The van der Waals surface area contributed by atoms with E-state index in [4.69, 9.17) is 20.3 Å². The van der Waals surface area contributed by atoms with E-state index < -0.39 is 5.97 Å². The van der Waals surface area contributed by atoms with Crippen molar-refractivity contribution >= 4 is 11.7 Å². The number of rotatable bonds is 1. The molecule has 1 aromatic rings. The second-order valence-electron chi connectivity index (χ2n) is 3.00. The molecule has 5 heteroatoms. The standard InChI is InChI=1S/C9H9NO4/c1-4-7(10)5(9(11)12)2-6-8(4)14-3-13-6/h2H,3,10H2,1H3,(H,11,12). The molecule has 74 valence electrons. The Balaban J connectivity index is 2.67. The van der Waals surface area contributed by atoms with Gasteiger partial charge in [-0.15, -0.1) is 0 Å². The minimum atomic E-state index is -1.07. The first kappa shape index (κ1) is 8.68. The second kappa shape index (κ2) is 2.80. The molecule has 1 heterocycles. The number of nitrogens with two attached hydrogens (primary N) is 1. The lowest BCUT2D eigenvalue weighted by molar-refractivity contribution is 0.0697. The minimum absolute atomic E-state index is 0.0479. The summed E-state index contributed by atoms with van der Waals surface area (Å²) < 4.78 is 10.2. The lowest BCUT2D eigenvalue weighted by atomic mass is 10.1. The molecule has 0 bridgehead atoms. The number of fused-ring (bicyclic) bond motifs is 1. The van der Waals surface area contributed by atoms with Crippen LogP contribution in [0.15, 0.2) is 6.07 Å². The molecule has 5 nitrogen and oxygen atoms in total. The molecule has 1 aliphatic heterocycles. The van der Waals surface area contributed by atoms with E-state index in [1.54, 1.807) is 6.92 Å². The van der Waals surface area contributed by atoms with Crippen LogP contribution in [0, 0.1) is 6.92 Å². The van der Waals surface area contributed by atoms with Crippen LogP contribution in [0.2, 0.25) is 0 Å². The van der Waals surface area contributed by atoms with Crippen molar-refractivity contribution in [1.82, 2.24) is 0 Å². The molecule has 0 spiro atoms. The highest BCUT2D eigenvalue weighted by Gasteiger charge is 2.22. The van der Waals surface area contributed by atoms with Crippen molar-refractivity contribution in [2.24, 2.45) is 0 Å². The number of anilines is 1. The van der Waals surface area contributed by atoms with Gasteiger partial charge in [0.15, 0.2) is 11.5 Å². The summed E-state index contributed by atoms with van der Waals surface area (Å²) in [5.74, 6) is -0.0921. The summed E-state index contributed by atoms with van der Waals surface area (Å²) in [4.78, 5) is 10.8. The van der Waals surface area contributed by atoms with Crippen LogP contribution in [0.5, 0.6) is 11.5 Å². The molecule has 14 heavy (non-hydrogen) atoms. The van der Waals surface area contributed by atoms with Gasteiger partial charge < -0.3 is 20.3 Å². The van der Waals surface area contributed by atoms with Crippen LogP contribution in [0.25, 0.3) is 0 Å². The zero-order valence-corrected chi connectivity index (χ0v) is 7.53. The predicted molar refractivity (Wildman–Crippen MR) is 48.7 cm³/mol. The predicted octanol–water partition coefficient (Wildman–Crippen LogP) is 1.00. The fourth-order valence-corrected chi connectivity index (χ4v) is 1.40. The van der Waals surface area contributed by atoms with Gasteiger partial charge in [-0.05, 0) is 6.92 Å². The van der Waals surface area contributed by atoms with Gasteiger partial charge in [-0.2, -0.15) is 0 Å². The van der Waals surface area contributed by atoms with Gasteiger partial charge in [-0.25, -0.2) is 4.79 Å². The Hall–Kier alpha value is -1.91. The van der Waals surface area contributed by atoms with Crippen LogP contribution in [0.4, 0.5) is 5.69 Å². The molecule has 0 radical (unpaired) electrons. The first-order valence-electron chi connectivity index (χ1n) is 4.03. The number of carbonyl (C=O) groups is 1. The third-order valence-corrected chi connectivity index (χ3v) is 2.18. The molecule has 0 amide bonds. The number of hydrogen-bond acceptors (Lipinski definition) is 4. The highest BCUT2D eigenvalue weighted by atomic mass is 16.7. The van der Waals surface area contributed by atoms with Gasteiger partial charge in [0, 0.05) is 11.6 Å². The van der Waals surface area contributed by atoms with Crippen molar-refractivity contribution < 1.29 is 19.4 Å². The lowest BCUT2D eigenvalue weighted by Crippen LogP contribution is -2.04. The molecule has 1 aliphatic rings. The van der Waals surface area contributed by atoms with E-state index in [1.807, 2.05) is 0 Å².